The fourth-order valence-electron chi connectivity index (χ4n) is 3.71. The van der Waals surface area contributed by atoms with E-state index >= 15 is 0 Å². The largest absolute Gasteiger partial charge is 0.493 e. The van der Waals surface area contributed by atoms with Crippen molar-refractivity contribution in [1.82, 2.24) is 4.98 Å². The Bertz CT molecular complexity index is 1050. The second-order valence-electron chi connectivity index (χ2n) is 7.92. The van der Waals surface area contributed by atoms with Gasteiger partial charge in [-0.05, 0) is 55.5 Å². The Labute approximate surface area is 188 Å². The standard InChI is InChI=1S/C26H29NO5/c1-3-30-25-19(7-5-14-28)6-4-8-21(25)22-17-32-26(27-22)20-11-12-23(29-2)24(16-20)31-15-13-18-9-10-18/h4,6,8,11-12,14,16-18H,3,5,7,9-10,13,15H2,1-2H3. The van der Waals surface area contributed by atoms with E-state index in [0.717, 1.165) is 41.1 Å². The van der Waals surface area contributed by atoms with Crippen molar-refractivity contribution in [1.29, 1.82) is 0 Å². The number of ether oxygens (including phenoxy) is 3. The summed E-state index contributed by atoms with van der Waals surface area (Å²) in [5.41, 5.74) is 3.33. The first-order valence-corrected chi connectivity index (χ1v) is 11.2. The minimum atomic E-state index is 0.447. The molecule has 168 valence electrons. The number of methoxy groups -OCH3 is 1. The summed E-state index contributed by atoms with van der Waals surface area (Å²) in [5, 5.41) is 0. The van der Waals surface area contributed by atoms with Crippen molar-refractivity contribution in [3.63, 3.8) is 0 Å². The van der Waals surface area contributed by atoms with Gasteiger partial charge in [-0.15, -0.1) is 0 Å². The van der Waals surface area contributed by atoms with Crippen LogP contribution < -0.4 is 14.2 Å². The molecular formula is C26H29NO5. The number of hydrogen-bond acceptors (Lipinski definition) is 6. The van der Waals surface area contributed by atoms with Gasteiger partial charge in [-0.25, -0.2) is 4.98 Å². The van der Waals surface area contributed by atoms with Crippen LogP contribution in [0.25, 0.3) is 22.7 Å². The third-order valence-corrected chi connectivity index (χ3v) is 5.59. The zero-order chi connectivity index (χ0) is 22.3. The molecule has 0 saturated heterocycles. The predicted octanol–water partition coefficient (Wildman–Crippen LogP) is 5.73. The van der Waals surface area contributed by atoms with Crippen molar-refractivity contribution in [3.05, 3.63) is 48.2 Å². The Balaban J connectivity index is 1.60. The topological polar surface area (TPSA) is 70.8 Å². The summed E-state index contributed by atoms with van der Waals surface area (Å²) in [6.07, 6.45) is 7.30. The van der Waals surface area contributed by atoms with Gasteiger partial charge in [0.2, 0.25) is 5.89 Å². The molecule has 1 heterocycles. The fourth-order valence-corrected chi connectivity index (χ4v) is 3.71. The van der Waals surface area contributed by atoms with E-state index in [0.29, 0.717) is 49.1 Å². The molecular weight excluding hydrogens is 406 g/mol. The van der Waals surface area contributed by atoms with Gasteiger partial charge in [-0.1, -0.05) is 25.0 Å². The maximum Gasteiger partial charge on any atom is 0.226 e. The molecule has 4 rings (SSSR count). The Morgan fingerprint density at radius 3 is 2.78 bits per heavy atom. The molecule has 0 N–H and O–H groups in total. The van der Waals surface area contributed by atoms with E-state index < -0.39 is 0 Å². The number of carbonyl (C=O) groups excluding carboxylic acids is 1. The summed E-state index contributed by atoms with van der Waals surface area (Å²) in [4.78, 5) is 15.6. The highest BCUT2D eigenvalue weighted by atomic mass is 16.5. The molecule has 0 amide bonds. The summed E-state index contributed by atoms with van der Waals surface area (Å²) in [6.45, 7) is 3.14. The monoisotopic (exact) mass is 435 g/mol. The van der Waals surface area contributed by atoms with Crippen molar-refractivity contribution >= 4 is 6.29 Å². The number of aldehydes is 1. The highest BCUT2D eigenvalue weighted by Gasteiger charge is 2.21. The Morgan fingerprint density at radius 1 is 1.16 bits per heavy atom. The lowest BCUT2D eigenvalue weighted by Crippen LogP contribution is -2.00. The van der Waals surface area contributed by atoms with Crippen LogP contribution in [0.2, 0.25) is 0 Å². The molecule has 1 saturated carbocycles. The zero-order valence-corrected chi connectivity index (χ0v) is 18.6. The van der Waals surface area contributed by atoms with Gasteiger partial charge < -0.3 is 23.4 Å². The SMILES string of the molecule is CCOc1c(CCC=O)cccc1-c1coc(-c2ccc(OC)c(OCCC3CC3)c2)n1. The number of rotatable bonds is 12. The van der Waals surface area contributed by atoms with Crippen molar-refractivity contribution in [2.45, 2.75) is 39.0 Å². The lowest BCUT2D eigenvalue weighted by molar-refractivity contribution is -0.107. The number of oxazole rings is 1. The van der Waals surface area contributed by atoms with Crippen molar-refractivity contribution < 1.29 is 23.4 Å². The molecule has 0 bridgehead atoms. The third kappa shape index (κ3) is 5.13. The van der Waals surface area contributed by atoms with E-state index in [-0.39, 0.29) is 0 Å². The summed E-state index contributed by atoms with van der Waals surface area (Å²) in [6, 6.07) is 11.6. The quantitative estimate of drug-likeness (QED) is 0.339. The van der Waals surface area contributed by atoms with Gasteiger partial charge in [-0.3, -0.25) is 0 Å². The summed E-state index contributed by atoms with van der Waals surface area (Å²) in [5.74, 6) is 3.43. The molecule has 1 aromatic heterocycles. The van der Waals surface area contributed by atoms with Crippen molar-refractivity contribution in [2.24, 2.45) is 5.92 Å². The second-order valence-corrected chi connectivity index (χ2v) is 7.92. The first-order chi connectivity index (χ1) is 15.7. The van der Waals surface area contributed by atoms with E-state index in [1.165, 1.54) is 12.8 Å². The van der Waals surface area contributed by atoms with Gasteiger partial charge in [0, 0.05) is 17.5 Å². The molecule has 0 atom stereocenters. The van der Waals surface area contributed by atoms with E-state index in [4.69, 9.17) is 23.6 Å². The van der Waals surface area contributed by atoms with Gasteiger partial charge in [-0.2, -0.15) is 0 Å². The summed E-state index contributed by atoms with van der Waals surface area (Å²) >= 11 is 0. The molecule has 6 heteroatoms. The minimum Gasteiger partial charge on any atom is -0.493 e. The molecule has 0 spiro atoms. The fraction of sp³-hybridized carbons (Fsp3) is 0.385. The van der Waals surface area contributed by atoms with Crippen molar-refractivity contribution in [3.8, 4) is 40.0 Å². The Kier molecular flexibility index (Phi) is 7.10. The zero-order valence-electron chi connectivity index (χ0n) is 18.6. The van der Waals surface area contributed by atoms with Crippen LogP contribution in [0.3, 0.4) is 0 Å². The first kappa shape index (κ1) is 21.9. The maximum absolute atomic E-state index is 10.9. The van der Waals surface area contributed by atoms with E-state index in [1.807, 2.05) is 43.3 Å². The van der Waals surface area contributed by atoms with Gasteiger partial charge in [0.1, 0.15) is 24.0 Å². The number of aromatic nitrogens is 1. The van der Waals surface area contributed by atoms with Crippen LogP contribution in [0.4, 0.5) is 0 Å². The smallest absolute Gasteiger partial charge is 0.226 e. The van der Waals surface area contributed by atoms with Crippen LogP contribution in [0, 0.1) is 5.92 Å². The van der Waals surface area contributed by atoms with E-state index in [2.05, 4.69) is 0 Å². The lowest BCUT2D eigenvalue weighted by atomic mass is 10.0. The van der Waals surface area contributed by atoms with Gasteiger partial charge in [0.25, 0.3) is 0 Å². The van der Waals surface area contributed by atoms with E-state index in [9.17, 15) is 4.79 Å². The second kappa shape index (κ2) is 10.4. The summed E-state index contributed by atoms with van der Waals surface area (Å²) < 4.78 is 23.2. The molecule has 0 aliphatic heterocycles. The normalized spacial score (nSPS) is 13.1. The Morgan fingerprint density at radius 2 is 2.03 bits per heavy atom. The average Bonchev–Trinajstić information content (AvgIpc) is 3.51. The maximum atomic E-state index is 10.9. The number of aryl methyl sites for hydroxylation is 1. The van der Waals surface area contributed by atoms with E-state index in [1.54, 1.807) is 13.4 Å². The number of benzene rings is 2. The molecule has 32 heavy (non-hydrogen) atoms. The third-order valence-electron chi connectivity index (χ3n) is 5.59. The molecule has 1 fully saturated rings. The Hall–Kier alpha value is -3.28. The molecule has 3 aromatic rings. The van der Waals surface area contributed by atoms with Crippen LogP contribution in [-0.2, 0) is 11.2 Å². The highest BCUT2D eigenvalue weighted by molar-refractivity contribution is 5.71. The predicted molar refractivity (Wildman–Crippen MR) is 122 cm³/mol. The molecule has 0 radical (unpaired) electrons. The summed E-state index contributed by atoms with van der Waals surface area (Å²) in [7, 11) is 1.64. The lowest BCUT2D eigenvalue weighted by Gasteiger charge is -2.13. The minimum absolute atomic E-state index is 0.447. The van der Waals surface area contributed by atoms with Gasteiger partial charge in [0.15, 0.2) is 11.5 Å². The number of nitrogens with zero attached hydrogens (tertiary/aromatic N) is 1. The highest BCUT2D eigenvalue weighted by Crippen LogP contribution is 2.37. The molecule has 1 aliphatic rings. The number of carbonyl (C=O) groups is 1. The van der Waals surface area contributed by atoms with Crippen LogP contribution in [0.1, 0.15) is 38.2 Å². The molecule has 2 aromatic carbocycles. The number of hydrogen-bond donors (Lipinski definition) is 0. The van der Waals surface area contributed by atoms with Crippen molar-refractivity contribution in [2.75, 3.05) is 20.3 Å². The van der Waals surface area contributed by atoms with Gasteiger partial charge in [0.05, 0.1) is 20.3 Å². The van der Waals surface area contributed by atoms with Crippen LogP contribution >= 0.6 is 0 Å². The molecule has 1 aliphatic carbocycles. The molecule has 6 nitrogen and oxygen atoms in total. The molecule has 0 unspecified atom stereocenters. The van der Waals surface area contributed by atoms with Crippen LogP contribution in [0.15, 0.2) is 47.1 Å². The average molecular weight is 436 g/mol. The first-order valence-electron chi connectivity index (χ1n) is 11.2. The van der Waals surface area contributed by atoms with Crippen LogP contribution in [-0.4, -0.2) is 31.6 Å². The van der Waals surface area contributed by atoms with Gasteiger partial charge >= 0.3 is 0 Å². The number of para-hydroxylation sites is 1. The van der Waals surface area contributed by atoms with Crippen LogP contribution in [0.5, 0.6) is 17.2 Å².